The SMILES string of the molecule is CCSC1CCC(NC(=O)N2CCCC(C(C)O)C2)C1. The van der Waals surface area contributed by atoms with Crippen molar-refractivity contribution in [1.82, 2.24) is 10.2 Å². The molecule has 0 aromatic carbocycles. The molecule has 2 aliphatic rings. The van der Waals surface area contributed by atoms with Crippen LogP contribution >= 0.6 is 11.8 Å². The quantitative estimate of drug-likeness (QED) is 0.838. The Balaban J connectivity index is 1.77. The first-order valence-electron chi connectivity index (χ1n) is 7.95. The average Bonchev–Trinajstić information content (AvgIpc) is 2.86. The van der Waals surface area contributed by atoms with Gasteiger partial charge in [0, 0.05) is 30.3 Å². The van der Waals surface area contributed by atoms with Gasteiger partial charge in [0.1, 0.15) is 0 Å². The number of carbonyl (C=O) groups is 1. The zero-order valence-corrected chi connectivity index (χ0v) is 13.5. The van der Waals surface area contributed by atoms with Crippen LogP contribution in [-0.2, 0) is 0 Å². The smallest absolute Gasteiger partial charge is 0.317 e. The molecule has 2 N–H and O–H groups in total. The second kappa shape index (κ2) is 7.55. The number of nitrogens with one attached hydrogen (secondary N) is 1. The zero-order valence-electron chi connectivity index (χ0n) is 12.7. The van der Waals surface area contributed by atoms with Gasteiger partial charge in [-0.1, -0.05) is 6.92 Å². The molecule has 1 aliphatic heterocycles. The predicted molar refractivity (Wildman–Crippen MR) is 84.1 cm³/mol. The summed E-state index contributed by atoms with van der Waals surface area (Å²) in [6.45, 7) is 5.55. The van der Waals surface area contributed by atoms with Crippen molar-refractivity contribution >= 4 is 17.8 Å². The lowest BCUT2D eigenvalue weighted by Crippen LogP contribution is -2.49. The second-order valence-corrected chi connectivity index (χ2v) is 7.70. The molecule has 1 aliphatic carbocycles. The summed E-state index contributed by atoms with van der Waals surface area (Å²) >= 11 is 2.01. The summed E-state index contributed by atoms with van der Waals surface area (Å²) in [6.07, 6.45) is 5.15. The Bertz CT molecular complexity index is 325. The predicted octanol–water partition coefficient (Wildman–Crippen LogP) is 2.46. The van der Waals surface area contributed by atoms with Gasteiger partial charge in [0.2, 0.25) is 0 Å². The van der Waals surface area contributed by atoms with Crippen LogP contribution in [0.15, 0.2) is 0 Å². The molecule has 0 radical (unpaired) electrons. The Hall–Kier alpha value is -0.420. The van der Waals surface area contributed by atoms with Crippen LogP contribution in [0.1, 0.15) is 46.0 Å². The van der Waals surface area contributed by atoms with E-state index in [-0.39, 0.29) is 18.1 Å². The van der Waals surface area contributed by atoms with Crippen LogP contribution in [0.5, 0.6) is 0 Å². The number of likely N-dealkylation sites (tertiary alicyclic amines) is 1. The number of aliphatic hydroxyl groups is 1. The first kappa shape index (κ1) is 16.0. The standard InChI is InChI=1S/C15H28N2O2S/c1-3-20-14-7-6-13(9-14)16-15(19)17-8-4-5-12(10-17)11(2)18/h11-14,18H,3-10H2,1-2H3,(H,16,19). The normalized spacial score (nSPS) is 32.1. The van der Waals surface area contributed by atoms with Crippen LogP contribution in [0.4, 0.5) is 4.79 Å². The number of rotatable bonds is 4. The topological polar surface area (TPSA) is 52.6 Å². The molecule has 0 aromatic rings. The van der Waals surface area contributed by atoms with E-state index in [1.54, 1.807) is 0 Å². The minimum Gasteiger partial charge on any atom is -0.393 e. The average molecular weight is 300 g/mol. The Labute approximate surface area is 126 Å². The number of thioether (sulfide) groups is 1. The molecule has 0 spiro atoms. The first-order valence-corrected chi connectivity index (χ1v) is 9.00. The van der Waals surface area contributed by atoms with Crippen molar-refractivity contribution in [2.75, 3.05) is 18.8 Å². The highest BCUT2D eigenvalue weighted by molar-refractivity contribution is 7.99. The molecule has 1 saturated carbocycles. The van der Waals surface area contributed by atoms with Gasteiger partial charge in [-0.05, 0) is 44.8 Å². The van der Waals surface area contributed by atoms with E-state index in [1.165, 1.54) is 6.42 Å². The monoisotopic (exact) mass is 300 g/mol. The highest BCUT2D eigenvalue weighted by Gasteiger charge is 2.30. The molecule has 2 amide bonds. The summed E-state index contributed by atoms with van der Waals surface area (Å²) in [5.74, 6) is 1.40. The van der Waals surface area contributed by atoms with Crippen molar-refractivity contribution < 1.29 is 9.90 Å². The van der Waals surface area contributed by atoms with Crippen molar-refractivity contribution in [3.63, 3.8) is 0 Å². The van der Waals surface area contributed by atoms with Crippen LogP contribution in [-0.4, -0.2) is 52.3 Å². The van der Waals surface area contributed by atoms with E-state index in [0.29, 0.717) is 12.6 Å². The maximum absolute atomic E-state index is 12.3. The number of aliphatic hydroxyl groups excluding tert-OH is 1. The molecule has 4 atom stereocenters. The fourth-order valence-corrected chi connectivity index (χ4v) is 4.45. The van der Waals surface area contributed by atoms with Gasteiger partial charge in [-0.15, -0.1) is 0 Å². The third-order valence-electron chi connectivity index (χ3n) is 4.54. The third-order valence-corrected chi connectivity index (χ3v) is 5.77. The maximum Gasteiger partial charge on any atom is 0.317 e. The lowest BCUT2D eigenvalue weighted by Gasteiger charge is -2.34. The fraction of sp³-hybridized carbons (Fsp3) is 0.933. The van der Waals surface area contributed by atoms with Gasteiger partial charge in [-0.3, -0.25) is 0 Å². The van der Waals surface area contributed by atoms with Crippen LogP contribution in [0.25, 0.3) is 0 Å². The number of piperidine rings is 1. The van der Waals surface area contributed by atoms with Crippen molar-refractivity contribution in [3.05, 3.63) is 0 Å². The molecule has 2 fully saturated rings. The number of amides is 2. The Morgan fingerprint density at radius 2 is 2.25 bits per heavy atom. The molecule has 2 rings (SSSR count). The molecule has 20 heavy (non-hydrogen) atoms. The van der Waals surface area contributed by atoms with E-state index < -0.39 is 0 Å². The Morgan fingerprint density at radius 3 is 2.95 bits per heavy atom. The van der Waals surface area contributed by atoms with Gasteiger partial charge in [-0.25, -0.2) is 4.79 Å². The summed E-state index contributed by atoms with van der Waals surface area (Å²) in [5, 5.41) is 13.6. The number of hydrogen-bond donors (Lipinski definition) is 2. The van der Waals surface area contributed by atoms with Gasteiger partial charge in [0.05, 0.1) is 6.10 Å². The minimum absolute atomic E-state index is 0.0718. The van der Waals surface area contributed by atoms with Gasteiger partial charge < -0.3 is 15.3 Å². The number of hydrogen-bond acceptors (Lipinski definition) is 3. The number of carbonyl (C=O) groups excluding carboxylic acids is 1. The number of urea groups is 1. The van der Waals surface area contributed by atoms with Crippen molar-refractivity contribution in [1.29, 1.82) is 0 Å². The first-order chi connectivity index (χ1) is 9.60. The van der Waals surface area contributed by atoms with E-state index in [1.807, 2.05) is 23.6 Å². The summed E-state index contributed by atoms with van der Waals surface area (Å²) in [4.78, 5) is 14.2. The summed E-state index contributed by atoms with van der Waals surface area (Å²) < 4.78 is 0. The van der Waals surface area contributed by atoms with E-state index >= 15 is 0 Å². The molecule has 4 nitrogen and oxygen atoms in total. The highest BCUT2D eigenvalue weighted by Crippen LogP contribution is 2.30. The molecule has 4 unspecified atom stereocenters. The molecule has 1 saturated heterocycles. The third kappa shape index (κ3) is 4.29. The maximum atomic E-state index is 12.3. The highest BCUT2D eigenvalue weighted by atomic mass is 32.2. The lowest BCUT2D eigenvalue weighted by atomic mass is 9.94. The number of nitrogens with zero attached hydrogens (tertiary/aromatic N) is 1. The molecular formula is C15H28N2O2S. The summed E-state index contributed by atoms with van der Waals surface area (Å²) in [6, 6.07) is 0.418. The molecular weight excluding hydrogens is 272 g/mol. The van der Waals surface area contributed by atoms with Crippen LogP contribution < -0.4 is 5.32 Å². The molecule has 0 bridgehead atoms. The summed E-state index contributed by atoms with van der Waals surface area (Å²) in [5.41, 5.74) is 0. The minimum atomic E-state index is -0.317. The van der Waals surface area contributed by atoms with Gasteiger partial charge in [0.15, 0.2) is 0 Å². The van der Waals surface area contributed by atoms with Gasteiger partial charge in [0.25, 0.3) is 0 Å². The van der Waals surface area contributed by atoms with Crippen LogP contribution in [0.3, 0.4) is 0 Å². The van der Waals surface area contributed by atoms with Gasteiger partial charge in [-0.2, -0.15) is 11.8 Å². The Kier molecular flexibility index (Phi) is 6.02. The zero-order chi connectivity index (χ0) is 14.5. The molecule has 116 valence electrons. The fourth-order valence-electron chi connectivity index (χ4n) is 3.31. The summed E-state index contributed by atoms with van der Waals surface area (Å²) in [7, 11) is 0. The lowest BCUT2D eigenvalue weighted by molar-refractivity contribution is 0.0733. The van der Waals surface area contributed by atoms with Gasteiger partial charge >= 0.3 is 6.03 Å². The van der Waals surface area contributed by atoms with E-state index in [4.69, 9.17) is 0 Å². The van der Waals surface area contributed by atoms with Crippen molar-refractivity contribution in [3.8, 4) is 0 Å². The van der Waals surface area contributed by atoms with E-state index in [0.717, 1.165) is 43.2 Å². The molecule has 0 aromatic heterocycles. The van der Waals surface area contributed by atoms with Crippen LogP contribution in [0.2, 0.25) is 0 Å². The van der Waals surface area contributed by atoms with E-state index in [9.17, 15) is 9.90 Å². The van der Waals surface area contributed by atoms with Crippen molar-refractivity contribution in [2.24, 2.45) is 5.92 Å². The van der Waals surface area contributed by atoms with E-state index in [2.05, 4.69) is 12.2 Å². The Morgan fingerprint density at radius 1 is 1.45 bits per heavy atom. The van der Waals surface area contributed by atoms with Crippen molar-refractivity contribution in [2.45, 2.75) is 63.3 Å². The largest absolute Gasteiger partial charge is 0.393 e. The second-order valence-electron chi connectivity index (χ2n) is 6.13. The molecule has 1 heterocycles. The van der Waals surface area contributed by atoms with Crippen LogP contribution in [0, 0.1) is 5.92 Å². The molecule has 5 heteroatoms.